The molecule has 1 heterocycles. The molecule has 0 bridgehead atoms. The number of amidine groups is 1. The Morgan fingerprint density at radius 3 is 2.50 bits per heavy atom. The van der Waals surface area contributed by atoms with E-state index in [4.69, 9.17) is 19.2 Å². The van der Waals surface area contributed by atoms with Gasteiger partial charge >= 0.3 is 0 Å². The average molecular weight is 401 g/mol. The molecule has 0 radical (unpaired) electrons. The number of carbonyl (C=O) groups is 1. The fourth-order valence-corrected chi connectivity index (χ4v) is 4.01. The van der Waals surface area contributed by atoms with Crippen LogP contribution in [-0.2, 0) is 0 Å². The van der Waals surface area contributed by atoms with Gasteiger partial charge in [0.2, 0.25) is 0 Å². The minimum atomic E-state index is -0.137. The van der Waals surface area contributed by atoms with Gasteiger partial charge in [0, 0.05) is 23.4 Å². The van der Waals surface area contributed by atoms with Crippen LogP contribution in [0.4, 0.5) is 5.69 Å². The maximum Gasteiger partial charge on any atom is 0.260 e. The molecule has 1 amide bonds. The summed E-state index contributed by atoms with van der Waals surface area (Å²) in [4.78, 5) is 19.8. The van der Waals surface area contributed by atoms with Crippen molar-refractivity contribution in [1.82, 2.24) is 4.90 Å². The van der Waals surface area contributed by atoms with Gasteiger partial charge in [0.25, 0.3) is 5.91 Å². The van der Waals surface area contributed by atoms with E-state index in [0.717, 1.165) is 5.75 Å². The highest BCUT2D eigenvalue weighted by molar-refractivity contribution is 8.14. The number of carbonyl (C=O) groups excluding carboxylic acids is 1. The number of nitrogens with zero attached hydrogens (tertiary/aromatic N) is 2. The molecule has 0 saturated carbocycles. The first-order valence-corrected chi connectivity index (χ1v) is 10.1. The van der Waals surface area contributed by atoms with E-state index < -0.39 is 0 Å². The number of amides is 1. The monoisotopic (exact) mass is 400 g/mol. The maximum absolute atomic E-state index is 13.3. The minimum absolute atomic E-state index is 0.0210. The Balaban J connectivity index is 1.97. The van der Waals surface area contributed by atoms with Crippen LogP contribution >= 0.6 is 11.8 Å². The molecule has 1 aliphatic heterocycles. The summed E-state index contributed by atoms with van der Waals surface area (Å²) in [6.07, 6.45) is 0. The normalized spacial score (nSPS) is 17.6. The molecule has 28 heavy (non-hydrogen) atoms. The van der Waals surface area contributed by atoms with E-state index >= 15 is 0 Å². The number of ether oxygens (including phenoxy) is 3. The summed E-state index contributed by atoms with van der Waals surface area (Å²) in [5.41, 5.74) is 1.21. The lowest BCUT2D eigenvalue weighted by molar-refractivity contribution is 0.0828. The van der Waals surface area contributed by atoms with Crippen molar-refractivity contribution in [2.24, 2.45) is 4.99 Å². The average Bonchev–Trinajstić information content (AvgIpc) is 3.08. The second-order valence-electron chi connectivity index (χ2n) is 6.23. The standard InChI is InChI=1S/C21H24N2O4S/c1-5-27-19-9-7-6-8-18(19)22-21-23(14(2)13-28-21)20(24)15-10-16(25-3)12-17(11-15)26-4/h6-12,14H,5,13H2,1-4H3/t14-/m1/s1. The van der Waals surface area contributed by atoms with E-state index in [1.54, 1.807) is 49.1 Å². The lowest BCUT2D eigenvalue weighted by Gasteiger charge is -2.22. The number of rotatable bonds is 6. The fraction of sp³-hybridized carbons (Fsp3) is 0.333. The van der Waals surface area contributed by atoms with Gasteiger partial charge in [-0.15, -0.1) is 0 Å². The molecule has 148 valence electrons. The molecule has 1 aliphatic rings. The van der Waals surface area contributed by atoms with Gasteiger partial charge < -0.3 is 14.2 Å². The number of hydrogen-bond acceptors (Lipinski definition) is 6. The molecule has 0 aliphatic carbocycles. The highest BCUT2D eigenvalue weighted by atomic mass is 32.2. The zero-order valence-electron chi connectivity index (χ0n) is 16.5. The van der Waals surface area contributed by atoms with E-state index in [-0.39, 0.29) is 11.9 Å². The molecule has 6 nitrogen and oxygen atoms in total. The van der Waals surface area contributed by atoms with Crippen molar-refractivity contribution in [2.45, 2.75) is 19.9 Å². The SMILES string of the molecule is CCOc1ccccc1N=C1SC[C@@H](C)N1C(=O)c1cc(OC)cc(OC)c1. The zero-order chi connectivity index (χ0) is 20.1. The molecule has 0 unspecified atom stereocenters. The molecule has 0 aromatic heterocycles. The van der Waals surface area contributed by atoms with Crippen LogP contribution in [0.1, 0.15) is 24.2 Å². The van der Waals surface area contributed by atoms with Gasteiger partial charge in [-0.25, -0.2) is 4.99 Å². The predicted octanol–water partition coefficient (Wildman–Crippen LogP) is 4.37. The molecule has 0 spiro atoms. The fourth-order valence-electron chi connectivity index (χ4n) is 2.90. The number of methoxy groups -OCH3 is 2. The minimum Gasteiger partial charge on any atom is -0.497 e. The van der Waals surface area contributed by atoms with Crippen LogP contribution in [0.5, 0.6) is 17.2 Å². The van der Waals surface area contributed by atoms with Crippen molar-refractivity contribution >= 4 is 28.5 Å². The van der Waals surface area contributed by atoms with Crippen LogP contribution in [-0.4, -0.2) is 48.6 Å². The summed E-state index contributed by atoms with van der Waals surface area (Å²) >= 11 is 1.56. The van der Waals surface area contributed by atoms with E-state index in [1.807, 2.05) is 38.1 Å². The van der Waals surface area contributed by atoms with Crippen molar-refractivity contribution in [3.63, 3.8) is 0 Å². The Morgan fingerprint density at radius 1 is 1.18 bits per heavy atom. The Morgan fingerprint density at radius 2 is 1.86 bits per heavy atom. The lowest BCUT2D eigenvalue weighted by Crippen LogP contribution is -2.37. The van der Waals surface area contributed by atoms with Gasteiger partial charge in [0.05, 0.1) is 20.8 Å². The number of aliphatic imine (C=N–C) groups is 1. The Hall–Kier alpha value is -2.67. The van der Waals surface area contributed by atoms with E-state index in [9.17, 15) is 4.79 Å². The van der Waals surface area contributed by atoms with E-state index in [0.29, 0.717) is 40.3 Å². The van der Waals surface area contributed by atoms with E-state index in [1.165, 1.54) is 0 Å². The number of thioether (sulfide) groups is 1. The summed E-state index contributed by atoms with van der Waals surface area (Å²) in [5, 5.41) is 0.659. The molecule has 1 fully saturated rings. The number of hydrogen-bond donors (Lipinski definition) is 0. The van der Waals surface area contributed by atoms with Crippen LogP contribution < -0.4 is 14.2 Å². The number of benzene rings is 2. The highest BCUT2D eigenvalue weighted by Crippen LogP contribution is 2.33. The molecule has 2 aromatic rings. The molecular weight excluding hydrogens is 376 g/mol. The third kappa shape index (κ3) is 4.25. The predicted molar refractivity (Wildman–Crippen MR) is 112 cm³/mol. The molecule has 3 rings (SSSR count). The first-order chi connectivity index (χ1) is 13.6. The first kappa shape index (κ1) is 20.1. The molecular formula is C21H24N2O4S. The van der Waals surface area contributed by atoms with Crippen molar-refractivity contribution in [3.05, 3.63) is 48.0 Å². The van der Waals surface area contributed by atoms with Crippen molar-refractivity contribution in [3.8, 4) is 17.2 Å². The Bertz CT molecular complexity index is 862. The summed E-state index contributed by atoms with van der Waals surface area (Å²) in [7, 11) is 3.13. The van der Waals surface area contributed by atoms with Gasteiger partial charge in [-0.2, -0.15) is 0 Å². The van der Waals surface area contributed by atoms with Crippen molar-refractivity contribution in [2.75, 3.05) is 26.6 Å². The number of para-hydroxylation sites is 2. The third-order valence-corrected chi connectivity index (χ3v) is 5.49. The highest BCUT2D eigenvalue weighted by Gasteiger charge is 2.33. The van der Waals surface area contributed by atoms with Crippen LogP contribution in [0.2, 0.25) is 0 Å². The molecule has 1 saturated heterocycles. The van der Waals surface area contributed by atoms with Crippen molar-refractivity contribution < 1.29 is 19.0 Å². The van der Waals surface area contributed by atoms with Gasteiger partial charge in [-0.05, 0) is 38.1 Å². The van der Waals surface area contributed by atoms with Gasteiger partial charge in [-0.1, -0.05) is 23.9 Å². The second kappa shape index (κ2) is 9.01. The summed E-state index contributed by atoms with van der Waals surface area (Å²) in [5.74, 6) is 2.49. The maximum atomic E-state index is 13.3. The third-order valence-electron chi connectivity index (χ3n) is 4.30. The van der Waals surface area contributed by atoms with Gasteiger partial charge in [0.15, 0.2) is 5.17 Å². The van der Waals surface area contributed by atoms with Crippen molar-refractivity contribution in [1.29, 1.82) is 0 Å². The molecule has 1 atom stereocenters. The molecule has 0 N–H and O–H groups in total. The summed E-state index contributed by atoms with van der Waals surface area (Å²) in [6.45, 7) is 4.50. The topological polar surface area (TPSA) is 60.4 Å². The summed E-state index contributed by atoms with van der Waals surface area (Å²) in [6, 6.07) is 12.8. The Kier molecular flexibility index (Phi) is 6.46. The largest absolute Gasteiger partial charge is 0.497 e. The smallest absolute Gasteiger partial charge is 0.260 e. The van der Waals surface area contributed by atoms with Crippen LogP contribution in [0, 0.1) is 0 Å². The van der Waals surface area contributed by atoms with Crippen LogP contribution in [0.25, 0.3) is 0 Å². The Labute approximate surface area is 169 Å². The molecule has 7 heteroatoms. The van der Waals surface area contributed by atoms with Crippen LogP contribution in [0.3, 0.4) is 0 Å². The van der Waals surface area contributed by atoms with Gasteiger partial charge in [0.1, 0.15) is 22.9 Å². The van der Waals surface area contributed by atoms with E-state index in [2.05, 4.69) is 0 Å². The zero-order valence-corrected chi connectivity index (χ0v) is 17.3. The first-order valence-electron chi connectivity index (χ1n) is 9.07. The second-order valence-corrected chi connectivity index (χ2v) is 7.22. The van der Waals surface area contributed by atoms with Crippen LogP contribution in [0.15, 0.2) is 47.5 Å². The molecule has 2 aromatic carbocycles. The lowest BCUT2D eigenvalue weighted by atomic mass is 10.1. The summed E-state index contributed by atoms with van der Waals surface area (Å²) < 4.78 is 16.3. The van der Waals surface area contributed by atoms with Gasteiger partial charge in [-0.3, -0.25) is 9.69 Å². The quantitative estimate of drug-likeness (QED) is 0.721.